The second kappa shape index (κ2) is 11.5. The molecule has 1 aromatic heterocycles. The van der Waals surface area contributed by atoms with Gasteiger partial charge in [-0.25, -0.2) is 0 Å². The SMILES string of the molecule is N=C(N)c1csc(CNC(=O)[C@@H]2CC(=O)CN2C(=O)CNC(=O)c2ccc(Oc3ccccc3)cc2)c1. The lowest BCUT2D eigenvalue weighted by Gasteiger charge is -2.23. The maximum absolute atomic E-state index is 12.8. The van der Waals surface area contributed by atoms with Crippen LogP contribution in [0.25, 0.3) is 0 Å². The Balaban J connectivity index is 1.29. The van der Waals surface area contributed by atoms with Crippen molar-refractivity contribution in [1.82, 2.24) is 15.5 Å². The monoisotopic (exact) mass is 519 g/mol. The summed E-state index contributed by atoms with van der Waals surface area (Å²) in [5.74, 6) is -0.529. The maximum Gasteiger partial charge on any atom is 0.251 e. The van der Waals surface area contributed by atoms with Crippen LogP contribution in [0.4, 0.5) is 0 Å². The van der Waals surface area contributed by atoms with Gasteiger partial charge in [-0.1, -0.05) is 18.2 Å². The first kappa shape index (κ1) is 25.6. The Bertz CT molecular complexity index is 1320. The second-order valence-corrected chi connectivity index (χ2v) is 9.33. The minimum atomic E-state index is -0.946. The van der Waals surface area contributed by atoms with E-state index in [-0.39, 0.29) is 37.7 Å². The second-order valence-electron chi connectivity index (χ2n) is 8.34. The van der Waals surface area contributed by atoms with Gasteiger partial charge < -0.3 is 26.0 Å². The number of para-hydroxylation sites is 1. The molecule has 1 saturated heterocycles. The molecule has 1 atom stereocenters. The summed E-state index contributed by atoms with van der Waals surface area (Å²) in [5, 5.41) is 14.4. The van der Waals surface area contributed by atoms with E-state index in [4.69, 9.17) is 15.9 Å². The summed E-state index contributed by atoms with van der Waals surface area (Å²) < 4.78 is 5.71. The highest BCUT2D eigenvalue weighted by molar-refractivity contribution is 7.10. The van der Waals surface area contributed by atoms with Gasteiger partial charge in [0, 0.05) is 27.8 Å². The van der Waals surface area contributed by atoms with Crippen molar-refractivity contribution in [2.75, 3.05) is 13.1 Å². The molecule has 0 aliphatic carbocycles. The molecule has 2 aromatic carbocycles. The standard InChI is InChI=1S/C26H25N5O5S/c27-24(28)17-10-21(37-15-17)12-29-26(35)22-11-18(32)14-31(22)23(33)13-30-25(34)16-6-8-20(9-7-16)36-19-4-2-1-3-5-19/h1-10,15,22H,11-14H2,(H3,27,28)(H,29,35)(H,30,34)/t22-/m0/s1. The molecule has 0 bridgehead atoms. The fraction of sp³-hybridized carbons (Fsp3) is 0.192. The van der Waals surface area contributed by atoms with Gasteiger partial charge in [0.2, 0.25) is 11.8 Å². The van der Waals surface area contributed by atoms with E-state index >= 15 is 0 Å². The van der Waals surface area contributed by atoms with Crippen molar-refractivity contribution in [3.05, 3.63) is 82.0 Å². The van der Waals surface area contributed by atoms with Crippen LogP contribution in [-0.4, -0.2) is 53.4 Å². The third-order valence-electron chi connectivity index (χ3n) is 5.66. The molecule has 2 heterocycles. The Kier molecular flexibility index (Phi) is 7.94. The molecule has 3 aromatic rings. The predicted octanol–water partition coefficient (Wildman–Crippen LogP) is 2.04. The number of carbonyl (C=O) groups is 4. The number of carbonyl (C=O) groups excluding carboxylic acids is 4. The lowest BCUT2D eigenvalue weighted by molar-refractivity contribution is -0.137. The number of benzene rings is 2. The Morgan fingerprint density at radius 2 is 1.73 bits per heavy atom. The van der Waals surface area contributed by atoms with E-state index in [1.165, 1.54) is 16.2 Å². The molecule has 1 fully saturated rings. The lowest BCUT2D eigenvalue weighted by atomic mass is 10.2. The molecular formula is C26H25N5O5S. The number of hydrogen-bond acceptors (Lipinski definition) is 7. The van der Waals surface area contributed by atoms with Crippen molar-refractivity contribution < 1.29 is 23.9 Å². The van der Waals surface area contributed by atoms with Gasteiger partial charge in [0.1, 0.15) is 23.4 Å². The molecule has 5 N–H and O–H groups in total. The number of Topliss-reactive ketones (excluding diaryl/α,β-unsaturated/α-hetero) is 1. The summed E-state index contributed by atoms with van der Waals surface area (Å²) in [6.07, 6.45) is -0.0858. The highest BCUT2D eigenvalue weighted by Crippen LogP contribution is 2.21. The fourth-order valence-corrected chi connectivity index (χ4v) is 4.58. The van der Waals surface area contributed by atoms with Crippen molar-refractivity contribution in [3.8, 4) is 11.5 Å². The first-order valence-corrected chi connectivity index (χ1v) is 12.3. The van der Waals surface area contributed by atoms with Crippen LogP contribution in [0.15, 0.2) is 66.0 Å². The molecule has 10 nitrogen and oxygen atoms in total. The maximum atomic E-state index is 12.8. The van der Waals surface area contributed by atoms with E-state index < -0.39 is 23.8 Å². The smallest absolute Gasteiger partial charge is 0.251 e. The van der Waals surface area contributed by atoms with E-state index in [9.17, 15) is 19.2 Å². The van der Waals surface area contributed by atoms with E-state index in [2.05, 4.69) is 10.6 Å². The highest BCUT2D eigenvalue weighted by Gasteiger charge is 2.38. The average Bonchev–Trinajstić information content (AvgIpc) is 3.54. The Labute approximate surface area is 216 Å². The summed E-state index contributed by atoms with van der Waals surface area (Å²) in [6.45, 7) is -0.360. The molecule has 3 amide bonds. The summed E-state index contributed by atoms with van der Waals surface area (Å²) in [5.41, 5.74) is 6.36. The minimum Gasteiger partial charge on any atom is -0.457 e. The zero-order valence-corrected chi connectivity index (χ0v) is 20.5. The van der Waals surface area contributed by atoms with Gasteiger partial charge in [-0.05, 0) is 42.5 Å². The third kappa shape index (κ3) is 6.58. The molecule has 190 valence electrons. The Hall–Kier alpha value is -4.51. The predicted molar refractivity (Wildman–Crippen MR) is 138 cm³/mol. The number of hydrogen-bond donors (Lipinski definition) is 4. The van der Waals surface area contributed by atoms with Crippen LogP contribution < -0.4 is 21.1 Å². The van der Waals surface area contributed by atoms with Crippen molar-refractivity contribution >= 4 is 40.7 Å². The molecule has 37 heavy (non-hydrogen) atoms. The minimum absolute atomic E-state index is 0.0644. The zero-order valence-electron chi connectivity index (χ0n) is 19.7. The first-order valence-electron chi connectivity index (χ1n) is 11.4. The largest absolute Gasteiger partial charge is 0.457 e. The summed E-state index contributed by atoms with van der Waals surface area (Å²) in [6, 6.07) is 16.4. The number of nitrogens with one attached hydrogen (secondary N) is 3. The normalized spacial score (nSPS) is 14.8. The molecule has 0 unspecified atom stereocenters. The Morgan fingerprint density at radius 3 is 2.41 bits per heavy atom. The number of nitrogens with two attached hydrogens (primary N) is 1. The van der Waals surface area contributed by atoms with Crippen LogP contribution in [0, 0.1) is 5.41 Å². The van der Waals surface area contributed by atoms with Gasteiger partial charge in [0.25, 0.3) is 5.91 Å². The van der Waals surface area contributed by atoms with Crippen LogP contribution in [-0.2, 0) is 20.9 Å². The lowest BCUT2D eigenvalue weighted by Crippen LogP contribution is -2.48. The number of ketones is 1. The molecular weight excluding hydrogens is 494 g/mol. The van der Waals surface area contributed by atoms with E-state index in [0.29, 0.717) is 22.6 Å². The third-order valence-corrected chi connectivity index (χ3v) is 6.60. The van der Waals surface area contributed by atoms with Gasteiger partial charge in [0.05, 0.1) is 19.6 Å². The highest BCUT2D eigenvalue weighted by atomic mass is 32.1. The van der Waals surface area contributed by atoms with Crippen LogP contribution in [0.1, 0.15) is 27.2 Å². The topological polar surface area (TPSA) is 155 Å². The zero-order chi connectivity index (χ0) is 26.4. The number of nitrogens with zero attached hydrogens (tertiary/aromatic N) is 1. The van der Waals surface area contributed by atoms with Gasteiger partial charge in [-0.15, -0.1) is 11.3 Å². The molecule has 1 aliphatic rings. The van der Waals surface area contributed by atoms with Crippen molar-refractivity contribution in [3.63, 3.8) is 0 Å². The quantitative estimate of drug-likeness (QED) is 0.251. The van der Waals surface area contributed by atoms with Gasteiger partial charge in [0.15, 0.2) is 5.78 Å². The molecule has 0 saturated carbocycles. The van der Waals surface area contributed by atoms with Crippen molar-refractivity contribution in [2.45, 2.75) is 19.0 Å². The number of likely N-dealkylation sites (tertiary alicyclic amines) is 1. The fourth-order valence-electron chi connectivity index (χ4n) is 3.75. The van der Waals surface area contributed by atoms with Gasteiger partial charge >= 0.3 is 0 Å². The Morgan fingerprint density at radius 1 is 1.03 bits per heavy atom. The number of nitrogen functional groups attached to an aromatic ring is 1. The van der Waals surface area contributed by atoms with Crippen molar-refractivity contribution in [2.24, 2.45) is 5.73 Å². The average molecular weight is 520 g/mol. The van der Waals surface area contributed by atoms with Crippen molar-refractivity contribution in [1.29, 1.82) is 5.41 Å². The van der Waals surface area contributed by atoms with Crippen LogP contribution in [0.3, 0.4) is 0 Å². The summed E-state index contributed by atoms with van der Waals surface area (Å²) >= 11 is 1.34. The number of amidine groups is 1. The number of amides is 3. The summed E-state index contributed by atoms with van der Waals surface area (Å²) in [4.78, 5) is 52.0. The van der Waals surface area contributed by atoms with E-state index in [1.54, 1.807) is 35.7 Å². The summed E-state index contributed by atoms with van der Waals surface area (Å²) in [7, 11) is 0. The van der Waals surface area contributed by atoms with Crippen LogP contribution in [0.5, 0.6) is 11.5 Å². The van der Waals surface area contributed by atoms with Crippen LogP contribution in [0.2, 0.25) is 0 Å². The number of thiophene rings is 1. The number of rotatable bonds is 9. The van der Waals surface area contributed by atoms with E-state index in [0.717, 1.165) is 4.88 Å². The molecule has 11 heteroatoms. The molecule has 4 rings (SSSR count). The van der Waals surface area contributed by atoms with Crippen LogP contribution >= 0.6 is 11.3 Å². The number of ether oxygens (including phenoxy) is 1. The molecule has 0 spiro atoms. The first-order chi connectivity index (χ1) is 17.8. The molecule has 1 aliphatic heterocycles. The molecule has 0 radical (unpaired) electrons. The van der Waals surface area contributed by atoms with E-state index in [1.807, 2.05) is 30.3 Å². The van der Waals surface area contributed by atoms with Gasteiger partial charge in [-0.3, -0.25) is 24.6 Å². The van der Waals surface area contributed by atoms with Gasteiger partial charge in [-0.2, -0.15) is 0 Å².